The SMILES string of the molecule is CCOc1ccc(N2C(=O)CC(c3ccccc3Cl)C3=C2CCCC3=O)cc1. The summed E-state index contributed by atoms with van der Waals surface area (Å²) < 4.78 is 5.50. The number of carbonyl (C=O) groups excluding carboxylic acids is 2. The predicted molar refractivity (Wildman–Crippen MR) is 110 cm³/mol. The molecule has 28 heavy (non-hydrogen) atoms. The molecule has 1 amide bonds. The van der Waals surface area contributed by atoms with Crippen LogP contribution in [-0.4, -0.2) is 18.3 Å². The van der Waals surface area contributed by atoms with E-state index < -0.39 is 0 Å². The van der Waals surface area contributed by atoms with Crippen LogP contribution in [-0.2, 0) is 9.59 Å². The number of rotatable bonds is 4. The number of benzene rings is 2. The van der Waals surface area contributed by atoms with Crippen molar-refractivity contribution in [1.29, 1.82) is 0 Å². The van der Waals surface area contributed by atoms with Gasteiger partial charge in [-0.3, -0.25) is 14.5 Å². The molecule has 0 aromatic heterocycles. The maximum Gasteiger partial charge on any atom is 0.232 e. The molecule has 5 heteroatoms. The minimum Gasteiger partial charge on any atom is -0.494 e. The van der Waals surface area contributed by atoms with Crippen molar-refractivity contribution in [3.63, 3.8) is 0 Å². The zero-order chi connectivity index (χ0) is 19.7. The smallest absolute Gasteiger partial charge is 0.232 e. The molecule has 4 nitrogen and oxygen atoms in total. The van der Waals surface area contributed by atoms with E-state index in [1.165, 1.54) is 0 Å². The van der Waals surface area contributed by atoms with Crippen molar-refractivity contribution in [3.05, 3.63) is 70.4 Å². The topological polar surface area (TPSA) is 46.6 Å². The van der Waals surface area contributed by atoms with Crippen LogP contribution in [0.5, 0.6) is 5.75 Å². The Kier molecular flexibility index (Phi) is 5.23. The Morgan fingerprint density at radius 1 is 1.07 bits per heavy atom. The summed E-state index contributed by atoms with van der Waals surface area (Å²) in [6.45, 7) is 2.52. The van der Waals surface area contributed by atoms with E-state index in [1.807, 2.05) is 55.5 Å². The maximum atomic E-state index is 13.2. The van der Waals surface area contributed by atoms with Gasteiger partial charge in [-0.15, -0.1) is 0 Å². The fourth-order valence-electron chi connectivity index (χ4n) is 4.17. The van der Waals surface area contributed by atoms with Gasteiger partial charge < -0.3 is 4.74 Å². The maximum absolute atomic E-state index is 13.2. The Morgan fingerprint density at radius 3 is 2.54 bits per heavy atom. The van der Waals surface area contributed by atoms with Gasteiger partial charge in [0.05, 0.1) is 6.61 Å². The van der Waals surface area contributed by atoms with Gasteiger partial charge in [-0.05, 0) is 55.7 Å². The molecule has 0 spiro atoms. The molecule has 1 atom stereocenters. The van der Waals surface area contributed by atoms with Gasteiger partial charge in [0.15, 0.2) is 5.78 Å². The third kappa shape index (κ3) is 3.33. The van der Waals surface area contributed by atoms with Gasteiger partial charge in [0, 0.05) is 40.7 Å². The third-order valence-corrected chi connectivity index (χ3v) is 5.71. The Bertz CT molecular complexity index is 949. The number of amides is 1. The summed E-state index contributed by atoms with van der Waals surface area (Å²) in [7, 11) is 0. The molecule has 0 radical (unpaired) electrons. The quantitative estimate of drug-likeness (QED) is 0.708. The molecule has 144 valence electrons. The van der Waals surface area contributed by atoms with Crippen molar-refractivity contribution in [2.75, 3.05) is 11.5 Å². The van der Waals surface area contributed by atoms with E-state index in [9.17, 15) is 9.59 Å². The van der Waals surface area contributed by atoms with Gasteiger partial charge in [0.1, 0.15) is 5.75 Å². The average Bonchev–Trinajstić information content (AvgIpc) is 2.69. The summed E-state index contributed by atoms with van der Waals surface area (Å²) in [5, 5.41) is 0.597. The molecule has 1 aliphatic carbocycles. The second-order valence-electron chi connectivity index (χ2n) is 7.07. The number of carbonyl (C=O) groups is 2. The number of ether oxygens (including phenoxy) is 1. The predicted octanol–water partition coefficient (Wildman–Crippen LogP) is 5.27. The average molecular weight is 396 g/mol. The van der Waals surface area contributed by atoms with E-state index in [0.29, 0.717) is 24.5 Å². The summed E-state index contributed by atoms with van der Waals surface area (Å²) in [5.74, 6) is 0.596. The number of anilines is 1. The van der Waals surface area contributed by atoms with Crippen molar-refractivity contribution in [2.45, 2.75) is 38.5 Å². The van der Waals surface area contributed by atoms with Crippen LogP contribution < -0.4 is 9.64 Å². The highest BCUT2D eigenvalue weighted by molar-refractivity contribution is 6.31. The van der Waals surface area contributed by atoms with E-state index >= 15 is 0 Å². The molecule has 0 saturated carbocycles. The monoisotopic (exact) mass is 395 g/mol. The lowest BCUT2D eigenvalue weighted by Crippen LogP contribution is -2.40. The van der Waals surface area contributed by atoms with Gasteiger partial charge >= 0.3 is 0 Å². The lowest BCUT2D eigenvalue weighted by atomic mass is 9.77. The first kappa shape index (κ1) is 18.8. The highest BCUT2D eigenvalue weighted by Crippen LogP contribution is 2.44. The van der Waals surface area contributed by atoms with E-state index in [0.717, 1.165) is 34.7 Å². The van der Waals surface area contributed by atoms with Crippen LogP contribution in [0.2, 0.25) is 5.02 Å². The van der Waals surface area contributed by atoms with E-state index in [2.05, 4.69) is 0 Å². The Hall–Kier alpha value is -2.59. The molecular weight excluding hydrogens is 374 g/mol. The first-order chi connectivity index (χ1) is 13.6. The summed E-state index contributed by atoms with van der Waals surface area (Å²) in [6.07, 6.45) is 2.22. The first-order valence-corrected chi connectivity index (χ1v) is 10.0. The Labute approximate surface area is 169 Å². The van der Waals surface area contributed by atoms with Crippen LogP contribution in [0.25, 0.3) is 0 Å². The first-order valence-electron chi connectivity index (χ1n) is 9.66. The van der Waals surface area contributed by atoms with E-state index in [-0.39, 0.29) is 24.0 Å². The van der Waals surface area contributed by atoms with Crippen molar-refractivity contribution in [2.24, 2.45) is 0 Å². The summed E-state index contributed by atoms with van der Waals surface area (Å²) >= 11 is 6.41. The van der Waals surface area contributed by atoms with Crippen LogP contribution in [0.3, 0.4) is 0 Å². The Balaban J connectivity index is 1.80. The molecular formula is C23H22ClNO3. The molecule has 1 aliphatic heterocycles. The van der Waals surface area contributed by atoms with Crippen LogP contribution >= 0.6 is 11.6 Å². The summed E-state index contributed by atoms with van der Waals surface area (Å²) in [4.78, 5) is 27.8. The van der Waals surface area contributed by atoms with Gasteiger partial charge in [0.2, 0.25) is 5.91 Å². The summed E-state index contributed by atoms with van der Waals surface area (Å²) in [6, 6.07) is 15.0. The lowest BCUT2D eigenvalue weighted by molar-refractivity contribution is -0.119. The van der Waals surface area contributed by atoms with Crippen LogP contribution in [0, 0.1) is 0 Å². The van der Waals surface area contributed by atoms with Crippen molar-refractivity contribution < 1.29 is 14.3 Å². The lowest BCUT2D eigenvalue weighted by Gasteiger charge is -2.38. The molecule has 1 heterocycles. The molecule has 2 aromatic rings. The number of hydrogen-bond donors (Lipinski definition) is 0. The number of nitrogens with zero attached hydrogens (tertiary/aromatic N) is 1. The van der Waals surface area contributed by atoms with Crippen LogP contribution in [0.1, 0.15) is 44.1 Å². The van der Waals surface area contributed by atoms with Gasteiger partial charge in [0.25, 0.3) is 0 Å². The number of halogens is 1. The third-order valence-electron chi connectivity index (χ3n) is 5.36. The fraction of sp³-hybridized carbons (Fsp3) is 0.304. The summed E-state index contributed by atoms with van der Waals surface area (Å²) in [5.41, 5.74) is 3.19. The highest BCUT2D eigenvalue weighted by atomic mass is 35.5. The van der Waals surface area contributed by atoms with E-state index in [1.54, 1.807) is 4.90 Å². The van der Waals surface area contributed by atoms with Gasteiger partial charge in [-0.1, -0.05) is 29.8 Å². The molecule has 0 fully saturated rings. The van der Waals surface area contributed by atoms with Crippen molar-refractivity contribution >= 4 is 29.0 Å². The fourth-order valence-corrected chi connectivity index (χ4v) is 4.44. The van der Waals surface area contributed by atoms with Crippen LogP contribution in [0.4, 0.5) is 5.69 Å². The minimum absolute atomic E-state index is 0.0115. The van der Waals surface area contributed by atoms with E-state index in [4.69, 9.17) is 16.3 Å². The van der Waals surface area contributed by atoms with Crippen LogP contribution in [0.15, 0.2) is 59.8 Å². The number of Topliss-reactive ketones (excluding diaryl/α,β-unsaturated/α-hetero) is 1. The second kappa shape index (κ2) is 7.80. The molecule has 1 unspecified atom stereocenters. The second-order valence-corrected chi connectivity index (χ2v) is 7.48. The molecule has 2 aromatic carbocycles. The van der Waals surface area contributed by atoms with Crippen molar-refractivity contribution in [1.82, 2.24) is 0 Å². The van der Waals surface area contributed by atoms with Crippen molar-refractivity contribution in [3.8, 4) is 5.75 Å². The largest absolute Gasteiger partial charge is 0.494 e. The Morgan fingerprint density at radius 2 is 1.82 bits per heavy atom. The van der Waals surface area contributed by atoms with Gasteiger partial charge in [-0.2, -0.15) is 0 Å². The molecule has 2 aliphatic rings. The van der Waals surface area contributed by atoms with Gasteiger partial charge in [-0.25, -0.2) is 0 Å². The minimum atomic E-state index is -0.275. The number of hydrogen-bond acceptors (Lipinski definition) is 3. The highest BCUT2D eigenvalue weighted by Gasteiger charge is 2.40. The zero-order valence-electron chi connectivity index (χ0n) is 15.8. The number of allylic oxidation sites excluding steroid dienone is 2. The normalized spacial score (nSPS) is 19.6. The standard InChI is InChI=1S/C23H22ClNO3/c1-2-28-16-12-10-15(11-13-16)25-20-8-5-9-21(26)23(20)18(14-22(25)27)17-6-3-4-7-19(17)24/h3-4,6-7,10-13,18H,2,5,8-9,14H2,1H3. The zero-order valence-corrected chi connectivity index (χ0v) is 16.5. The number of ketones is 1. The molecule has 0 saturated heterocycles. The molecule has 0 N–H and O–H groups in total. The molecule has 0 bridgehead atoms. The molecule has 4 rings (SSSR count).